The van der Waals surface area contributed by atoms with Crippen LogP contribution in [0.15, 0.2) is 36.6 Å². The maximum Gasteiger partial charge on any atom is 0.435 e. The average molecular weight is 558 g/mol. The first kappa shape index (κ1) is 27.3. The summed E-state index contributed by atoms with van der Waals surface area (Å²) in [7, 11) is 0. The summed E-state index contributed by atoms with van der Waals surface area (Å²) in [6.07, 6.45) is -4.79. The number of nitrogens with zero attached hydrogens (tertiary/aromatic N) is 2. The molecule has 0 unspecified atom stereocenters. The van der Waals surface area contributed by atoms with Crippen LogP contribution in [0.4, 0.5) is 27.6 Å². The molecule has 0 atom stereocenters. The van der Waals surface area contributed by atoms with Crippen molar-refractivity contribution in [1.29, 1.82) is 0 Å². The molecule has 0 spiro atoms. The summed E-state index contributed by atoms with van der Waals surface area (Å²) in [4.78, 5) is 31.5. The molecule has 2 aromatic heterocycles. The highest BCUT2D eigenvalue weighted by molar-refractivity contribution is 6.34. The summed E-state index contributed by atoms with van der Waals surface area (Å²) < 4.78 is 65.1. The van der Waals surface area contributed by atoms with Crippen LogP contribution in [-0.4, -0.2) is 44.1 Å². The molecule has 9 nitrogen and oxygen atoms in total. The van der Waals surface area contributed by atoms with Crippen LogP contribution in [0.3, 0.4) is 0 Å². The maximum absolute atomic E-state index is 13.4. The van der Waals surface area contributed by atoms with Crippen LogP contribution < -0.4 is 16.4 Å². The zero-order valence-electron chi connectivity index (χ0n) is 19.4. The molecule has 1 fully saturated rings. The molecule has 202 valence electrons. The number of allylic oxidation sites excluding steroid dienone is 1. The Morgan fingerprint density at radius 2 is 1.95 bits per heavy atom. The Labute approximate surface area is 217 Å². The van der Waals surface area contributed by atoms with Gasteiger partial charge in [-0.05, 0) is 37.1 Å². The third-order valence-corrected chi connectivity index (χ3v) is 6.19. The number of carbonyl (C=O) groups is 2. The fourth-order valence-corrected chi connectivity index (χ4v) is 4.21. The number of amides is 2. The van der Waals surface area contributed by atoms with Crippen LogP contribution in [0.2, 0.25) is 5.02 Å². The van der Waals surface area contributed by atoms with Crippen molar-refractivity contribution in [2.24, 2.45) is 5.73 Å². The first-order valence-electron chi connectivity index (χ1n) is 11.3. The number of nitrogens with two attached hydrogens (primary N) is 1. The quantitative estimate of drug-likeness (QED) is 0.264. The molecule has 38 heavy (non-hydrogen) atoms. The van der Waals surface area contributed by atoms with Gasteiger partial charge in [-0.15, -0.1) is 0 Å². The van der Waals surface area contributed by atoms with Crippen molar-refractivity contribution in [1.82, 2.24) is 25.5 Å². The second kappa shape index (κ2) is 10.9. The van der Waals surface area contributed by atoms with Gasteiger partial charge >= 0.3 is 6.18 Å². The predicted molar refractivity (Wildman–Crippen MR) is 127 cm³/mol. The second-order valence-corrected chi connectivity index (χ2v) is 9.12. The van der Waals surface area contributed by atoms with E-state index in [-0.39, 0.29) is 57.0 Å². The van der Waals surface area contributed by atoms with E-state index in [0.717, 1.165) is 6.20 Å². The Kier molecular flexibility index (Phi) is 7.83. The molecule has 3 aromatic rings. The highest BCUT2D eigenvalue weighted by Crippen LogP contribution is 2.33. The summed E-state index contributed by atoms with van der Waals surface area (Å²) >= 11 is 6.21. The van der Waals surface area contributed by atoms with Crippen molar-refractivity contribution in [3.63, 3.8) is 0 Å². The number of hydrogen-bond donors (Lipinski definition) is 5. The van der Waals surface area contributed by atoms with Crippen molar-refractivity contribution in [3.8, 4) is 0 Å². The van der Waals surface area contributed by atoms with Gasteiger partial charge in [0.1, 0.15) is 0 Å². The van der Waals surface area contributed by atoms with Gasteiger partial charge in [0.2, 0.25) is 0 Å². The second-order valence-electron chi connectivity index (χ2n) is 8.71. The van der Waals surface area contributed by atoms with Crippen LogP contribution in [-0.2, 0) is 19.0 Å². The van der Waals surface area contributed by atoms with E-state index in [1.165, 1.54) is 18.2 Å². The smallest absolute Gasteiger partial charge is 0.349 e. The normalized spacial score (nSPS) is 17.0. The molecular weight excluding hydrogens is 537 g/mol. The highest BCUT2D eigenvalue weighted by Gasteiger charge is 2.38. The number of halogens is 6. The number of alkyl halides is 3. The summed E-state index contributed by atoms with van der Waals surface area (Å²) in [5.74, 6) is -1.31. The minimum atomic E-state index is -4.82. The van der Waals surface area contributed by atoms with E-state index in [0.29, 0.717) is 18.9 Å². The Bertz CT molecular complexity index is 1370. The predicted octanol–water partition coefficient (Wildman–Crippen LogP) is 4.19. The molecule has 2 amide bonds. The van der Waals surface area contributed by atoms with Crippen LogP contribution in [0.1, 0.15) is 56.5 Å². The zero-order valence-corrected chi connectivity index (χ0v) is 20.2. The van der Waals surface area contributed by atoms with Crippen molar-refractivity contribution in [3.05, 3.63) is 75.6 Å². The van der Waals surface area contributed by atoms with Gasteiger partial charge in [-0.25, -0.2) is 4.98 Å². The van der Waals surface area contributed by atoms with E-state index < -0.39 is 36.7 Å². The summed E-state index contributed by atoms with van der Waals surface area (Å²) in [6.45, 7) is 0. The lowest BCUT2D eigenvalue weighted by atomic mass is 9.87. The average Bonchev–Trinajstić information content (AvgIpc) is 3.44. The Morgan fingerprint density at radius 3 is 2.58 bits per heavy atom. The van der Waals surface area contributed by atoms with Crippen molar-refractivity contribution < 1.29 is 31.5 Å². The molecule has 1 aromatic carbocycles. The molecule has 1 aliphatic carbocycles. The van der Waals surface area contributed by atoms with E-state index >= 15 is 0 Å². The summed E-state index contributed by atoms with van der Waals surface area (Å²) in [6, 6.07) is 4.31. The van der Waals surface area contributed by atoms with Gasteiger partial charge < -0.3 is 21.4 Å². The first-order chi connectivity index (χ1) is 17.9. The Morgan fingerprint density at radius 1 is 1.21 bits per heavy atom. The van der Waals surface area contributed by atoms with Gasteiger partial charge in [0.05, 0.1) is 10.6 Å². The van der Waals surface area contributed by atoms with Crippen molar-refractivity contribution in [2.45, 2.75) is 43.9 Å². The number of imidazole rings is 1. The topological polar surface area (TPSA) is 142 Å². The largest absolute Gasteiger partial charge is 0.435 e. The third-order valence-electron chi connectivity index (χ3n) is 5.87. The number of hydrogen-bond acceptors (Lipinski definition) is 5. The molecule has 4 rings (SSSR count). The van der Waals surface area contributed by atoms with Gasteiger partial charge in [0, 0.05) is 53.8 Å². The van der Waals surface area contributed by atoms with E-state index in [9.17, 15) is 31.5 Å². The monoisotopic (exact) mass is 557 g/mol. The van der Waals surface area contributed by atoms with Crippen LogP contribution in [0, 0.1) is 0 Å². The number of benzene rings is 1. The van der Waals surface area contributed by atoms with Crippen LogP contribution in [0.5, 0.6) is 0 Å². The van der Waals surface area contributed by atoms with E-state index in [1.807, 2.05) is 0 Å². The fourth-order valence-electron chi connectivity index (χ4n) is 3.94. The van der Waals surface area contributed by atoms with Gasteiger partial charge in [-0.2, -0.15) is 27.1 Å². The highest BCUT2D eigenvalue weighted by atomic mass is 35.5. The maximum atomic E-state index is 13.4. The molecule has 6 N–H and O–H groups in total. The SMILES string of the molecule is NC1CC(NC(=O)c2ccc(NC(=O)c3ncc(Cc4c(C(F)(F)F)n[nH]c4CC=C(F)F)[nH]3)cc2Cl)C1. The number of rotatable bonds is 8. The summed E-state index contributed by atoms with van der Waals surface area (Å²) in [5, 5.41) is 10.8. The van der Waals surface area contributed by atoms with Crippen molar-refractivity contribution in [2.75, 3.05) is 5.32 Å². The Balaban J connectivity index is 1.44. The number of nitrogens with one attached hydrogen (secondary N) is 4. The van der Waals surface area contributed by atoms with Gasteiger partial charge in [0.15, 0.2) is 11.5 Å². The van der Waals surface area contributed by atoms with Gasteiger partial charge in [-0.3, -0.25) is 14.7 Å². The standard InChI is InChI=1S/C23H21ClF5N7O2/c24-16-8-11(1-2-14(16)21(37)34-12-5-10(30)6-12)33-22(38)20-31-9-13(32-20)7-15-17(3-4-18(25)26)35-36-19(15)23(27,28)29/h1-2,4,8-10,12H,3,5-7,30H2,(H,31,32)(H,33,38)(H,34,37)(H,35,36). The number of aromatic amines is 2. The van der Waals surface area contributed by atoms with Crippen LogP contribution >= 0.6 is 11.6 Å². The molecule has 15 heteroatoms. The van der Waals surface area contributed by atoms with E-state index in [1.54, 1.807) is 0 Å². The number of carbonyl (C=O) groups excluding carboxylic acids is 2. The van der Waals surface area contributed by atoms with Gasteiger partial charge in [-0.1, -0.05) is 11.6 Å². The molecule has 1 saturated carbocycles. The lowest BCUT2D eigenvalue weighted by Gasteiger charge is -2.33. The zero-order chi connectivity index (χ0) is 27.6. The minimum Gasteiger partial charge on any atom is -0.349 e. The number of aromatic nitrogens is 4. The fraction of sp³-hybridized carbons (Fsp3) is 0.304. The van der Waals surface area contributed by atoms with Gasteiger partial charge in [0.25, 0.3) is 17.9 Å². The molecule has 0 bridgehead atoms. The molecule has 0 aliphatic heterocycles. The minimum absolute atomic E-state index is 0.0206. The number of anilines is 1. The van der Waals surface area contributed by atoms with E-state index in [4.69, 9.17) is 17.3 Å². The number of H-pyrrole nitrogens is 2. The van der Waals surface area contributed by atoms with Crippen molar-refractivity contribution >= 4 is 29.1 Å². The Hall–Kier alpha value is -3.78. The molecule has 0 saturated heterocycles. The molecule has 0 radical (unpaired) electrons. The molecule has 2 heterocycles. The molecule has 1 aliphatic rings. The van der Waals surface area contributed by atoms with E-state index in [2.05, 4.69) is 30.8 Å². The lowest BCUT2D eigenvalue weighted by Crippen LogP contribution is -2.50. The summed E-state index contributed by atoms with van der Waals surface area (Å²) in [5.41, 5.74) is 4.54. The third kappa shape index (κ3) is 6.37. The first-order valence-corrected chi connectivity index (χ1v) is 11.6. The molecular formula is C23H21ClF5N7O2. The van der Waals surface area contributed by atoms with Crippen LogP contribution in [0.25, 0.3) is 0 Å². The lowest BCUT2D eigenvalue weighted by molar-refractivity contribution is -0.141.